The highest BCUT2D eigenvalue weighted by Gasteiger charge is 2.20. The van der Waals surface area contributed by atoms with Crippen LogP contribution in [0.15, 0.2) is 48.5 Å². The number of hydrogen-bond acceptors (Lipinski definition) is 3. The number of rotatable bonds is 7. The Kier molecular flexibility index (Phi) is 5.30. The van der Waals surface area contributed by atoms with Crippen LogP contribution in [0.3, 0.4) is 0 Å². The van der Waals surface area contributed by atoms with E-state index >= 15 is 0 Å². The molecule has 0 amide bonds. The highest BCUT2D eigenvalue weighted by atomic mass is 32.2. The van der Waals surface area contributed by atoms with Crippen LogP contribution in [0.4, 0.5) is 0 Å². The Morgan fingerprint density at radius 2 is 1.79 bits per heavy atom. The van der Waals surface area contributed by atoms with Gasteiger partial charge in [-0.05, 0) is 22.3 Å². The Morgan fingerprint density at radius 1 is 1.04 bits per heavy atom. The Labute approximate surface area is 143 Å². The lowest BCUT2D eigenvalue weighted by molar-refractivity contribution is 0.414. The number of nitrogens with zero attached hydrogens (tertiary/aromatic N) is 1. The SMILES string of the molecule is CCN(Cc1ccccc1)S(=O)(=O)NCc1ccc2c(c1)CNC2. The molecule has 0 unspecified atom stereocenters. The number of fused-ring (bicyclic) bond motifs is 1. The topological polar surface area (TPSA) is 61.4 Å². The first-order valence-corrected chi connectivity index (χ1v) is 9.62. The van der Waals surface area contributed by atoms with Gasteiger partial charge in [-0.25, -0.2) is 0 Å². The lowest BCUT2D eigenvalue weighted by Crippen LogP contribution is -2.39. The van der Waals surface area contributed by atoms with Gasteiger partial charge in [0, 0.05) is 32.7 Å². The third-order valence-electron chi connectivity index (χ3n) is 4.25. The minimum absolute atomic E-state index is 0.306. The molecule has 5 nitrogen and oxygen atoms in total. The van der Waals surface area contributed by atoms with E-state index in [1.165, 1.54) is 15.4 Å². The molecule has 0 radical (unpaired) electrons. The van der Waals surface area contributed by atoms with Gasteiger partial charge >= 0.3 is 0 Å². The lowest BCUT2D eigenvalue weighted by atomic mass is 10.1. The third-order valence-corrected chi connectivity index (χ3v) is 5.83. The van der Waals surface area contributed by atoms with Crippen molar-refractivity contribution in [1.82, 2.24) is 14.3 Å². The maximum absolute atomic E-state index is 12.6. The summed E-state index contributed by atoms with van der Waals surface area (Å²) in [6, 6.07) is 15.8. The second-order valence-corrected chi connectivity index (χ2v) is 7.70. The van der Waals surface area contributed by atoms with Crippen LogP contribution in [-0.4, -0.2) is 19.3 Å². The van der Waals surface area contributed by atoms with Gasteiger partial charge in [-0.3, -0.25) is 0 Å². The van der Waals surface area contributed by atoms with E-state index in [2.05, 4.69) is 22.2 Å². The van der Waals surface area contributed by atoms with Crippen molar-refractivity contribution < 1.29 is 8.42 Å². The summed E-state index contributed by atoms with van der Waals surface area (Å²) in [5.41, 5.74) is 4.51. The summed E-state index contributed by atoms with van der Waals surface area (Å²) in [6.45, 7) is 4.70. The monoisotopic (exact) mass is 345 g/mol. The van der Waals surface area contributed by atoms with Crippen LogP contribution in [0.1, 0.15) is 29.2 Å². The van der Waals surface area contributed by atoms with E-state index in [4.69, 9.17) is 0 Å². The van der Waals surface area contributed by atoms with Crippen LogP contribution >= 0.6 is 0 Å². The predicted molar refractivity (Wildman–Crippen MR) is 95.3 cm³/mol. The summed E-state index contributed by atoms with van der Waals surface area (Å²) in [5.74, 6) is 0. The summed E-state index contributed by atoms with van der Waals surface area (Å²) in [5, 5.41) is 3.30. The molecule has 2 aromatic carbocycles. The van der Waals surface area contributed by atoms with E-state index in [1.807, 2.05) is 43.3 Å². The molecule has 0 atom stereocenters. The molecule has 2 N–H and O–H groups in total. The van der Waals surface area contributed by atoms with E-state index in [0.29, 0.717) is 19.6 Å². The van der Waals surface area contributed by atoms with Crippen molar-refractivity contribution in [2.24, 2.45) is 0 Å². The first-order valence-electron chi connectivity index (χ1n) is 8.18. The zero-order valence-electron chi connectivity index (χ0n) is 13.8. The van der Waals surface area contributed by atoms with Gasteiger partial charge in [-0.1, -0.05) is 55.5 Å². The van der Waals surface area contributed by atoms with Gasteiger partial charge in [0.05, 0.1) is 0 Å². The Morgan fingerprint density at radius 3 is 2.54 bits per heavy atom. The van der Waals surface area contributed by atoms with Crippen LogP contribution in [0.25, 0.3) is 0 Å². The predicted octanol–water partition coefficient (Wildman–Crippen LogP) is 2.15. The van der Waals surface area contributed by atoms with Gasteiger partial charge in [0.15, 0.2) is 0 Å². The number of benzene rings is 2. The molecule has 1 aliphatic rings. The average molecular weight is 345 g/mol. The summed E-state index contributed by atoms with van der Waals surface area (Å²) in [6.07, 6.45) is 0. The summed E-state index contributed by atoms with van der Waals surface area (Å²) < 4.78 is 29.3. The number of hydrogen-bond donors (Lipinski definition) is 2. The summed E-state index contributed by atoms with van der Waals surface area (Å²) in [4.78, 5) is 0. The number of nitrogens with one attached hydrogen (secondary N) is 2. The molecule has 0 bridgehead atoms. The molecule has 0 saturated carbocycles. The smallest absolute Gasteiger partial charge is 0.280 e. The normalized spacial score (nSPS) is 14.1. The molecule has 0 fully saturated rings. The maximum Gasteiger partial charge on any atom is 0.280 e. The molecule has 0 saturated heterocycles. The molecule has 3 rings (SSSR count). The van der Waals surface area contributed by atoms with Crippen molar-refractivity contribution in [2.45, 2.75) is 33.1 Å². The minimum atomic E-state index is -3.52. The second-order valence-electron chi connectivity index (χ2n) is 5.94. The van der Waals surface area contributed by atoms with Crippen molar-refractivity contribution in [3.63, 3.8) is 0 Å². The van der Waals surface area contributed by atoms with Crippen molar-refractivity contribution in [3.05, 3.63) is 70.8 Å². The zero-order chi connectivity index (χ0) is 17.0. The Balaban J connectivity index is 1.66. The van der Waals surface area contributed by atoms with Crippen molar-refractivity contribution >= 4 is 10.2 Å². The van der Waals surface area contributed by atoms with Gasteiger partial charge < -0.3 is 5.32 Å². The van der Waals surface area contributed by atoms with Crippen molar-refractivity contribution in [2.75, 3.05) is 6.54 Å². The van der Waals surface area contributed by atoms with Crippen LogP contribution in [-0.2, 0) is 36.4 Å². The van der Waals surface area contributed by atoms with Crippen molar-refractivity contribution in [1.29, 1.82) is 0 Å². The molecule has 6 heteroatoms. The second kappa shape index (κ2) is 7.44. The molecular weight excluding hydrogens is 322 g/mol. The maximum atomic E-state index is 12.6. The van der Waals surface area contributed by atoms with Crippen LogP contribution < -0.4 is 10.0 Å². The van der Waals surface area contributed by atoms with Gasteiger partial charge in [0.1, 0.15) is 0 Å². The van der Waals surface area contributed by atoms with Crippen LogP contribution in [0.5, 0.6) is 0 Å². The van der Waals surface area contributed by atoms with Crippen molar-refractivity contribution in [3.8, 4) is 0 Å². The third kappa shape index (κ3) is 4.02. The van der Waals surface area contributed by atoms with Crippen LogP contribution in [0.2, 0.25) is 0 Å². The lowest BCUT2D eigenvalue weighted by Gasteiger charge is -2.21. The zero-order valence-corrected chi connectivity index (χ0v) is 14.6. The van der Waals surface area contributed by atoms with Gasteiger partial charge in [0.25, 0.3) is 10.2 Å². The van der Waals surface area contributed by atoms with E-state index in [1.54, 1.807) is 0 Å². The van der Waals surface area contributed by atoms with Gasteiger partial charge in [-0.2, -0.15) is 17.4 Å². The highest BCUT2D eigenvalue weighted by Crippen LogP contribution is 2.17. The molecule has 0 spiro atoms. The van der Waals surface area contributed by atoms with Crippen LogP contribution in [0, 0.1) is 0 Å². The largest absolute Gasteiger partial charge is 0.309 e. The molecule has 128 valence electrons. The molecule has 0 aliphatic carbocycles. The molecule has 24 heavy (non-hydrogen) atoms. The average Bonchev–Trinajstić information content (AvgIpc) is 3.06. The molecule has 1 heterocycles. The molecule has 1 aliphatic heterocycles. The molecular formula is C18H23N3O2S. The van der Waals surface area contributed by atoms with E-state index in [9.17, 15) is 8.42 Å². The quantitative estimate of drug-likeness (QED) is 0.808. The fourth-order valence-corrected chi connectivity index (χ4v) is 4.07. The first-order chi connectivity index (χ1) is 11.6. The summed E-state index contributed by atoms with van der Waals surface area (Å²) >= 11 is 0. The standard InChI is InChI=1S/C18H23N3O2S/c1-2-21(14-15-6-4-3-5-7-15)24(22,23)20-11-16-8-9-17-12-19-13-18(17)10-16/h3-10,19-20H,2,11-14H2,1H3. The van der Waals surface area contributed by atoms with Gasteiger partial charge in [0.2, 0.25) is 0 Å². The van der Waals surface area contributed by atoms with E-state index in [-0.39, 0.29) is 0 Å². The fraction of sp³-hybridized carbons (Fsp3) is 0.333. The Hall–Kier alpha value is -1.73. The summed E-state index contributed by atoms with van der Waals surface area (Å²) in [7, 11) is -3.52. The van der Waals surface area contributed by atoms with Gasteiger partial charge in [-0.15, -0.1) is 0 Å². The first kappa shape index (κ1) is 17.1. The highest BCUT2D eigenvalue weighted by molar-refractivity contribution is 7.87. The van der Waals surface area contributed by atoms with E-state index < -0.39 is 10.2 Å². The fourth-order valence-electron chi connectivity index (χ4n) is 2.88. The molecule has 0 aromatic heterocycles. The minimum Gasteiger partial charge on any atom is -0.309 e. The Bertz CT molecular complexity index is 791. The van der Waals surface area contributed by atoms with E-state index in [0.717, 1.165) is 24.2 Å². The molecule has 2 aromatic rings.